The van der Waals surface area contributed by atoms with Crippen molar-refractivity contribution in [2.75, 3.05) is 25.1 Å². The Morgan fingerprint density at radius 2 is 2.08 bits per heavy atom. The van der Waals surface area contributed by atoms with Crippen molar-refractivity contribution < 1.29 is 9.26 Å². The van der Waals surface area contributed by atoms with Crippen LogP contribution in [0.4, 0.5) is 5.82 Å². The standard InChI is InChI=1S/C19H21N5O2/c1-25-15-8-6-13(7-9-15)17-22-19(26-23-17)16-5-2-10-21-18(16)24-11-3-4-14(20)12-24/h2,5-10,14H,3-4,11-12,20H2,1H3. The van der Waals surface area contributed by atoms with Gasteiger partial charge in [0.2, 0.25) is 5.82 Å². The Balaban J connectivity index is 1.65. The van der Waals surface area contributed by atoms with Crippen molar-refractivity contribution in [2.24, 2.45) is 5.73 Å². The second-order valence-corrected chi connectivity index (χ2v) is 6.37. The maximum atomic E-state index is 6.12. The molecule has 2 N–H and O–H groups in total. The Labute approximate surface area is 151 Å². The van der Waals surface area contributed by atoms with E-state index >= 15 is 0 Å². The number of rotatable bonds is 4. The van der Waals surface area contributed by atoms with E-state index in [0.29, 0.717) is 11.7 Å². The number of aromatic nitrogens is 3. The predicted molar refractivity (Wildman–Crippen MR) is 98.9 cm³/mol. The van der Waals surface area contributed by atoms with Gasteiger partial charge in [-0.05, 0) is 49.2 Å². The van der Waals surface area contributed by atoms with Gasteiger partial charge in [-0.15, -0.1) is 0 Å². The molecule has 134 valence electrons. The molecule has 3 heterocycles. The molecule has 0 amide bonds. The first-order valence-electron chi connectivity index (χ1n) is 8.68. The fourth-order valence-corrected chi connectivity index (χ4v) is 3.21. The van der Waals surface area contributed by atoms with Crippen LogP contribution in [0.5, 0.6) is 5.75 Å². The van der Waals surface area contributed by atoms with Crippen molar-refractivity contribution in [1.29, 1.82) is 0 Å². The maximum absolute atomic E-state index is 6.12. The number of ether oxygens (including phenoxy) is 1. The molecule has 7 nitrogen and oxygen atoms in total. The molecule has 0 aliphatic carbocycles. The molecule has 26 heavy (non-hydrogen) atoms. The summed E-state index contributed by atoms with van der Waals surface area (Å²) in [4.78, 5) is 11.3. The number of anilines is 1. The maximum Gasteiger partial charge on any atom is 0.261 e. The second-order valence-electron chi connectivity index (χ2n) is 6.37. The van der Waals surface area contributed by atoms with Crippen LogP contribution in [-0.2, 0) is 0 Å². The number of hydrogen-bond acceptors (Lipinski definition) is 7. The van der Waals surface area contributed by atoms with E-state index in [0.717, 1.165) is 48.6 Å². The van der Waals surface area contributed by atoms with Gasteiger partial charge in [-0.1, -0.05) is 5.16 Å². The summed E-state index contributed by atoms with van der Waals surface area (Å²) >= 11 is 0. The number of hydrogen-bond donors (Lipinski definition) is 1. The Morgan fingerprint density at radius 1 is 1.23 bits per heavy atom. The average Bonchev–Trinajstić information content (AvgIpc) is 3.18. The van der Waals surface area contributed by atoms with Gasteiger partial charge in [0, 0.05) is 30.9 Å². The number of nitrogens with two attached hydrogens (primary N) is 1. The third kappa shape index (κ3) is 3.25. The van der Waals surface area contributed by atoms with E-state index in [-0.39, 0.29) is 6.04 Å². The lowest BCUT2D eigenvalue weighted by molar-refractivity contribution is 0.415. The minimum atomic E-state index is 0.163. The van der Waals surface area contributed by atoms with Gasteiger partial charge in [-0.25, -0.2) is 4.98 Å². The molecule has 1 fully saturated rings. The van der Waals surface area contributed by atoms with Gasteiger partial charge in [0.05, 0.1) is 12.7 Å². The molecule has 1 aliphatic heterocycles. The van der Waals surface area contributed by atoms with Crippen LogP contribution in [-0.4, -0.2) is 41.4 Å². The number of piperidine rings is 1. The van der Waals surface area contributed by atoms with Gasteiger partial charge in [-0.3, -0.25) is 0 Å². The molecular formula is C19H21N5O2. The number of pyridine rings is 1. The number of benzene rings is 1. The van der Waals surface area contributed by atoms with E-state index in [1.54, 1.807) is 13.3 Å². The van der Waals surface area contributed by atoms with Crippen molar-refractivity contribution in [3.8, 4) is 28.6 Å². The summed E-state index contributed by atoms with van der Waals surface area (Å²) in [6.07, 6.45) is 3.87. The zero-order valence-electron chi connectivity index (χ0n) is 14.6. The minimum absolute atomic E-state index is 0.163. The normalized spacial score (nSPS) is 17.3. The van der Waals surface area contributed by atoms with Gasteiger partial charge >= 0.3 is 0 Å². The van der Waals surface area contributed by atoms with Crippen molar-refractivity contribution in [3.05, 3.63) is 42.6 Å². The monoisotopic (exact) mass is 351 g/mol. The Bertz CT molecular complexity index is 878. The highest BCUT2D eigenvalue weighted by Gasteiger charge is 2.23. The zero-order valence-corrected chi connectivity index (χ0v) is 14.6. The van der Waals surface area contributed by atoms with E-state index < -0.39 is 0 Å². The van der Waals surface area contributed by atoms with Crippen LogP contribution in [0.3, 0.4) is 0 Å². The Hall–Kier alpha value is -2.93. The molecule has 1 saturated heterocycles. The van der Waals surface area contributed by atoms with Gasteiger partial charge in [0.15, 0.2) is 0 Å². The average molecular weight is 351 g/mol. The van der Waals surface area contributed by atoms with Crippen molar-refractivity contribution in [3.63, 3.8) is 0 Å². The molecule has 0 saturated carbocycles. The number of nitrogens with zero attached hydrogens (tertiary/aromatic N) is 4. The van der Waals surface area contributed by atoms with Crippen LogP contribution in [0.2, 0.25) is 0 Å². The summed E-state index contributed by atoms with van der Waals surface area (Å²) < 4.78 is 10.7. The summed E-state index contributed by atoms with van der Waals surface area (Å²) in [5, 5.41) is 4.12. The fourth-order valence-electron chi connectivity index (χ4n) is 3.21. The Morgan fingerprint density at radius 3 is 2.85 bits per heavy atom. The van der Waals surface area contributed by atoms with Gasteiger partial charge < -0.3 is 19.9 Å². The molecular weight excluding hydrogens is 330 g/mol. The molecule has 0 spiro atoms. The highest BCUT2D eigenvalue weighted by atomic mass is 16.5. The third-order valence-corrected chi connectivity index (χ3v) is 4.55. The van der Waals surface area contributed by atoms with Crippen LogP contribution in [0, 0.1) is 0 Å². The van der Waals surface area contributed by atoms with E-state index in [1.807, 2.05) is 36.4 Å². The SMILES string of the molecule is COc1ccc(-c2noc(-c3cccnc3N3CCCC(N)C3)n2)cc1. The molecule has 4 rings (SSSR count). The highest BCUT2D eigenvalue weighted by molar-refractivity contribution is 5.71. The lowest BCUT2D eigenvalue weighted by atomic mass is 10.1. The molecule has 2 aromatic heterocycles. The fraction of sp³-hybridized carbons (Fsp3) is 0.316. The summed E-state index contributed by atoms with van der Waals surface area (Å²) in [5.74, 6) is 2.62. The van der Waals surface area contributed by atoms with Crippen LogP contribution in [0.25, 0.3) is 22.8 Å². The smallest absolute Gasteiger partial charge is 0.261 e. The first-order valence-corrected chi connectivity index (χ1v) is 8.68. The van der Waals surface area contributed by atoms with Crippen LogP contribution in [0.15, 0.2) is 47.1 Å². The number of methoxy groups -OCH3 is 1. The molecule has 1 aromatic carbocycles. The topological polar surface area (TPSA) is 90.3 Å². The van der Waals surface area contributed by atoms with Crippen molar-refractivity contribution in [1.82, 2.24) is 15.1 Å². The molecule has 3 aromatic rings. The second kappa shape index (κ2) is 7.13. The van der Waals surface area contributed by atoms with E-state index in [9.17, 15) is 0 Å². The predicted octanol–water partition coefficient (Wildman–Crippen LogP) is 2.73. The summed E-state index contributed by atoms with van der Waals surface area (Å²) in [6, 6.07) is 11.5. The van der Waals surface area contributed by atoms with Crippen LogP contribution >= 0.6 is 0 Å². The third-order valence-electron chi connectivity index (χ3n) is 4.55. The molecule has 1 unspecified atom stereocenters. The zero-order chi connectivity index (χ0) is 17.9. The van der Waals surface area contributed by atoms with E-state index in [1.165, 1.54) is 0 Å². The highest BCUT2D eigenvalue weighted by Crippen LogP contribution is 2.31. The van der Waals surface area contributed by atoms with Gasteiger partial charge in [-0.2, -0.15) is 4.98 Å². The summed E-state index contributed by atoms with van der Waals surface area (Å²) in [6.45, 7) is 1.71. The van der Waals surface area contributed by atoms with Gasteiger partial charge in [0.1, 0.15) is 11.6 Å². The lowest BCUT2D eigenvalue weighted by Gasteiger charge is -2.32. The summed E-state index contributed by atoms with van der Waals surface area (Å²) in [7, 11) is 1.64. The van der Waals surface area contributed by atoms with Crippen molar-refractivity contribution in [2.45, 2.75) is 18.9 Å². The van der Waals surface area contributed by atoms with E-state index in [4.69, 9.17) is 15.0 Å². The Kier molecular flexibility index (Phi) is 4.53. The largest absolute Gasteiger partial charge is 0.497 e. The molecule has 0 radical (unpaired) electrons. The molecule has 7 heteroatoms. The van der Waals surface area contributed by atoms with Crippen LogP contribution in [0.1, 0.15) is 12.8 Å². The van der Waals surface area contributed by atoms with Gasteiger partial charge in [0.25, 0.3) is 5.89 Å². The minimum Gasteiger partial charge on any atom is -0.497 e. The molecule has 1 aliphatic rings. The van der Waals surface area contributed by atoms with Crippen molar-refractivity contribution >= 4 is 5.82 Å². The molecule has 1 atom stereocenters. The van der Waals surface area contributed by atoms with Crippen LogP contribution < -0.4 is 15.4 Å². The summed E-state index contributed by atoms with van der Waals surface area (Å²) in [5.41, 5.74) is 7.82. The lowest BCUT2D eigenvalue weighted by Crippen LogP contribution is -2.43. The first kappa shape index (κ1) is 16.5. The first-order chi connectivity index (χ1) is 12.7. The quantitative estimate of drug-likeness (QED) is 0.773. The van der Waals surface area contributed by atoms with E-state index in [2.05, 4.69) is 20.0 Å². The molecule has 0 bridgehead atoms.